The molecule has 0 spiro atoms. The lowest BCUT2D eigenvalue weighted by atomic mass is 10.1. The Morgan fingerprint density at radius 1 is 1.00 bits per heavy atom. The zero-order chi connectivity index (χ0) is 19.8. The number of nitrogens with one attached hydrogen (secondary N) is 1. The largest absolute Gasteiger partial charge is 0.477 e. The minimum absolute atomic E-state index is 0.0699. The number of carbonyl (C=O) groups is 4. The molecule has 2 aliphatic rings. The number of anilines is 1. The van der Waals surface area contributed by atoms with Gasteiger partial charge in [0.25, 0.3) is 17.7 Å². The van der Waals surface area contributed by atoms with Gasteiger partial charge in [0.05, 0.1) is 23.4 Å². The van der Waals surface area contributed by atoms with Gasteiger partial charge in [-0.3, -0.25) is 24.1 Å². The summed E-state index contributed by atoms with van der Waals surface area (Å²) in [6, 6.07) is 13.5. The normalized spacial score (nSPS) is 17.9. The number of amides is 4. The molecule has 2 aromatic rings. The molecule has 1 atom stereocenters. The molecule has 0 aromatic heterocycles. The first kappa shape index (κ1) is 17.7. The van der Waals surface area contributed by atoms with E-state index in [1.807, 2.05) is 0 Å². The molecule has 28 heavy (non-hydrogen) atoms. The zero-order valence-electron chi connectivity index (χ0n) is 15.0. The molecule has 1 N–H and O–H groups in total. The van der Waals surface area contributed by atoms with E-state index >= 15 is 0 Å². The molecule has 0 saturated heterocycles. The molecule has 0 fully saturated rings. The van der Waals surface area contributed by atoms with Crippen LogP contribution < -0.4 is 15.0 Å². The standard InChI is InChI=1S/C20H17N3O5/c1-22-14-8-4-5-9-15(14)28-16(20(22)27)10-21-17(24)11-23-18(25)12-6-2-3-7-13(12)19(23)26/h2-9,16H,10-11H2,1H3,(H,21,24). The van der Waals surface area contributed by atoms with E-state index in [0.717, 1.165) is 4.90 Å². The lowest BCUT2D eigenvalue weighted by Crippen LogP contribution is -2.51. The van der Waals surface area contributed by atoms with Crippen LogP contribution in [0.5, 0.6) is 5.75 Å². The molecule has 0 bridgehead atoms. The predicted octanol–water partition coefficient (Wildman–Crippen LogP) is 0.823. The Hall–Kier alpha value is -3.68. The number of hydrogen-bond acceptors (Lipinski definition) is 5. The monoisotopic (exact) mass is 379 g/mol. The van der Waals surface area contributed by atoms with E-state index in [-0.39, 0.29) is 23.6 Å². The molecule has 0 aliphatic carbocycles. The number of benzene rings is 2. The first-order valence-electron chi connectivity index (χ1n) is 8.72. The van der Waals surface area contributed by atoms with Gasteiger partial charge in [0.2, 0.25) is 5.91 Å². The van der Waals surface area contributed by atoms with E-state index in [4.69, 9.17) is 4.74 Å². The van der Waals surface area contributed by atoms with Crippen molar-refractivity contribution in [2.75, 3.05) is 25.0 Å². The summed E-state index contributed by atoms with van der Waals surface area (Å²) in [4.78, 5) is 51.7. The van der Waals surface area contributed by atoms with Crippen LogP contribution >= 0.6 is 0 Å². The molecular formula is C20H17N3O5. The Bertz CT molecular complexity index is 968. The summed E-state index contributed by atoms with van der Waals surface area (Å²) in [7, 11) is 1.64. The summed E-state index contributed by atoms with van der Waals surface area (Å²) >= 11 is 0. The maximum atomic E-state index is 12.4. The maximum Gasteiger partial charge on any atom is 0.269 e. The highest BCUT2D eigenvalue weighted by Gasteiger charge is 2.37. The molecule has 0 saturated carbocycles. The number of imide groups is 1. The Kier molecular flexibility index (Phi) is 4.31. The van der Waals surface area contributed by atoms with Gasteiger partial charge in [-0.05, 0) is 24.3 Å². The van der Waals surface area contributed by atoms with Gasteiger partial charge in [0, 0.05) is 7.05 Å². The van der Waals surface area contributed by atoms with Crippen LogP contribution in [0.3, 0.4) is 0 Å². The second kappa shape index (κ2) is 6.80. The van der Waals surface area contributed by atoms with Gasteiger partial charge >= 0.3 is 0 Å². The average molecular weight is 379 g/mol. The molecule has 8 nitrogen and oxygen atoms in total. The number of carbonyl (C=O) groups excluding carboxylic acids is 4. The Balaban J connectivity index is 1.39. The summed E-state index contributed by atoms with van der Waals surface area (Å²) in [5, 5.41) is 2.57. The van der Waals surface area contributed by atoms with Gasteiger partial charge in [-0.25, -0.2) is 0 Å². The molecular weight excluding hydrogens is 362 g/mol. The molecule has 142 valence electrons. The topological polar surface area (TPSA) is 96.0 Å². The van der Waals surface area contributed by atoms with Crippen molar-refractivity contribution in [3.05, 3.63) is 59.7 Å². The lowest BCUT2D eigenvalue weighted by molar-refractivity contribution is -0.127. The summed E-state index contributed by atoms with van der Waals surface area (Å²) in [6.45, 7) is -0.487. The van der Waals surface area contributed by atoms with Crippen LogP contribution in [-0.2, 0) is 9.59 Å². The molecule has 4 amide bonds. The number of fused-ring (bicyclic) bond motifs is 2. The molecule has 8 heteroatoms. The van der Waals surface area contributed by atoms with Crippen LogP contribution in [0.2, 0.25) is 0 Å². The van der Waals surface area contributed by atoms with E-state index < -0.39 is 30.4 Å². The molecule has 2 aromatic carbocycles. The molecule has 4 rings (SSSR count). The fraction of sp³-hybridized carbons (Fsp3) is 0.200. The van der Waals surface area contributed by atoms with Crippen molar-refractivity contribution in [3.8, 4) is 5.75 Å². The minimum Gasteiger partial charge on any atom is -0.477 e. The van der Waals surface area contributed by atoms with Crippen LogP contribution in [0, 0.1) is 0 Å². The second-order valence-electron chi connectivity index (χ2n) is 6.52. The van der Waals surface area contributed by atoms with Crippen LogP contribution in [0.4, 0.5) is 5.69 Å². The van der Waals surface area contributed by atoms with E-state index in [9.17, 15) is 19.2 Å². The third kappa shape index (κ3) is 2.88. The van der Waals surface area contributed by atoms with Crippen LogP contribution in [-0.4, -0.2) is 54.8 Å². The highest BCUT2D eigenvalue weighted by Crippen LogP contribution is 2.32. The predicted molar refractivity (Wildman–Crippen MR) is 99.1 cm³/mol. The number of para-hydroxylation sites is 2. The molecule has 1 unspecified atom stereocenters. The molecule has 2 heterocycles. The fourth-order valence-electron chi connectivity index (χ4n) is 3.29. The van der Waals surface area contributed by atoms with E-state index in [2.05, 4.69) is 5.32 Å². The fourth-order valence-corrected chi connectivity index (χ4v) is 3.29. The van der Waals surface area contributed by atoms with Gasteiger partial charge in [0.1, 0.15) is 12.3 Å². The summed E-state index contributed by atoms with van der Waals surface area (Å²) < 4.78 is 5.67. The van der Waals surface area contributed by atoms with Gasteiger partial charge in [0.15, 0.2) is 6.10 Å². The average Bonchev–Trinajstić information content (AvgIpc) is 2.95. The molecule has 2 aliphatic heterocycles. The second-order valence-corrected chi connectivity index (χ2v) is 6.52. The SMILES string of the molecule is CN1C(=O)C(CNC(=O)CN2C(=O)c3ccccc3C2=O)Oc2ccccc21. The van der Waals surface area contributed by atoms with Crippen molar-refractivity contribution in [2.45, 2.75) is 6.10 Å². The number of hydrogen-bond donors (Lipinski definition) is 1. The van der Waals surface area contributed by atoms with Gasteiger partial charge < -0.3 is 15.0 Å². The first-order chi connectivity index (χ1) is 13.5. The summed E-state index contributed by atoms with van der Waals surface area (Å²) in [5.74, 6) is -1.31. The first-order valence-corrected chi connectivity index (χ1v) is 8.72. The van der Waals surface area contributed by atoms with Crippen LogP contribution in [0.15, 0.2) is 48.5 Å². The van der Waals surface area contributed by atoms with Crippen molar-refractivity contribution in [1.29, 1.82) is 0 Å². The van der Waals surface area contributed by atoms with E-state index in [0.29, 0.717) is 11.4 Å². The van der Waals surface area contributed by atoms with E-state index in [1.54, 1.807) is 55.6 Å². The van der Waals surface area contributed by atoms with E-state index in [1.165, 1.54) is 4.90 Å². The zero-order valence-corrected chi connectivity index (χ0v) is 15.0. The Morgan fingerprint density at radius 2 is 1.61 bits per heavy atom. The van der Waals surface area contributed by atoms with Crippen molar-refractivity contribution < 1.29 is 23.9 Å². The summed E-state index contributed by atoms with van der Waals surface area (Å²) in [5.41, 5.74) is 1.22. The van der Waals surface area contributed by atoms with Gasteiger partial charge in [-0.1, -0.05) is 24.3 Å². The highest BCUT2D eigenvalue weighted by atomic mass is 16.5. The Labute approximate surface area is 160 Å². The third-order valence-corrected chi connectivity index (χ3v) is 4.77. The van der Waals surface area contributed by atoms with Crippen LogP contribution in [0.25, 0.3) is 0 Å². The number of likely N-dealkylation sites (N-methyl/N-ethyl adjacent to an activating group) is 1. The minimum atomic E-state index is -0.883. The smallest absolute Gasteiger partial charge is 0.269 e. The Morgan fingerprint density at radius 3 is 2.29 bits per heavy atom. The van der Waals surface area contributed by atoms with Gasteiger partial charge in [-0.15, -0.1) is 0 Å². The van der Waals surface area contributed by atoms with Crippen molar-refractivity contribution >= 4 is 29.3 Å². The number of ether oxygens (including phenoxy) is 1. The lowest BCUT2D eigenvalue weighted by Gasteiger charge is -2.32. The number of nitrogens with zero attached hydrogens (tertiary/aromatic N) is 2. The van der Waals surface area contributed by atoms with Gasteiger partial charge in [-0.2, -0.15) is 0 Å². The third-order valence-electron chi connectivity index (χ3n) is 4.77. The van der Waals surface area contributed by atoms with Crippen LogP contribution in [0.1, 0.15) is 20.7 Å². The van der Waals surface area contributed by atoms with Crippen molar-refractivity contribution in [2.24, 2.45) is 0 Å². The number of rotatable bonds is 4. The molecule has 0 radical (unpaired) electrons. The maximum absolute atomic E-state index is 12.4. The van der Waals surface area contributed by atoms with Crippen molar-refractivity contribution in [1.82, 2.24) is 10.2 Å². The highest BCUT2D eigenvalue weighted by molar-refractivity contribution is 6.22. The summed E-state index contributed by atoms with van der Waals surface area (Å²) in [6.07, 6.45) is -0.883. The van der Waals surface area contributed by atoms with Crippen molar-refractivity contribution in [3.63, 3.8) is 0 Å². The quantitative estimate of drug-likeness (QED) is 0.794.